The zero-order valence-corrected chi connectivity index (χ0v) is 13.4. The molecule has 0 spiro atoms. The Morgan fingerprint density at radius 2 is 1.65 bits per heavy atom. The fraction of sp³-hybridized carbons (Fsp3) is 0.438. The normalized spacial score (nSPS) is 15.2. The average molecular weight is 309 g/mol. The molecule has 23 heavy (non-hydrogen) atoms. The molecule has 0 saturated carbocycles. The number of nitriles is 1. The summed E-state index contributed by atoms with van der Waals surface area (Å²) in [5, 5.41) is 16.9. The van der Waals surface area contributed by atoms with E-state index in [1.54, 1.807) is 6.07 Å². The molecule has 3 rings (SSSR count). The first kappa shape index (κ1) is 15.2. The Bertz CT molecular complexity index is 700. The van der Waals surface area contributed by atoms with E-state index in [0.29, 0.717) is 5.69 Å². The Morgan fingerprint density at radius 3 is 2.30 bits per heavy atom. The Labute approximate surface area is 135 Å². The summed E-state index contributed by atoms with van der Waals surface area (Å²) in [7, 11) is 0. The van der Waals surface area contributed by atoms with E-state index in [2.05, 4.69) is 30.0 Å². The fourth-order valence-electron chi connectivity index (χ4n) is 2.75. The van der Waals surface area contributed by atoms with Crippen molar-refractivity contribution in [3.05, 3.63) is 35.3 Å². The third-order valence-corrected chi connectivity index (χ3v) is 3.84. The van der Waals surface area contributed by atoms with Crippen molar-refractivity contribution < 1.29 is 0 Å². The molecule has 0 atom stereocenters. The average Bonchev–Trinajstić information content (AvgIpc) is 2.80. The van der Waals surface area contributed by atoms with Gasteiger partial charge in [-0.3, -0.25) is 0 Å². The smallest absolute Gasteiger partial charge is 0.225 e. The second-order valence-electron chi connectivity index (χ2n) is 5.67. The molecule has 7 nitrogen and oxygen atoms in total. The Morgan fingerprint density at radius 1 is 0.957 bits per heavy atom. The number of nitrogens with zero attached hydrogens (tertiary/aromatic N) is 7. The maximum atomic E-state index is 8.80. The molecular formula is C16H19N7. The highest BCUT2D eigenvalue weighted by Gasteiger charge is 2.18. The zero-order valence-electron chi connectivity index (χ0n) is 13.4. The minimum atomic E-state index is 0.342. The molecular weight excluding hydrogens is 290 g/mol. The third kappa shape index (κ3) is 3.54. The van der Waals surface area contributed by atoms with Crippen LogP contribution in [0, 0.1) is 25.2 Å². The first-order chi connectivity index (χ1) is 11.2. The second kappa shape index (κ2) is 6.57. The monoisotopic (exact) mass is 309 g/mol. The third-order valence-electron chi connectivity index (χ3n) is 3.84. The summed E-state index contributed by atoms with van der Waals surface area (Å²) in [5.41, 5.74) is 2.33. The van der Waals surface area contributed by atoms with Gasteiger partial charge in [0, 0.05) is 37.6 Å². The molecule has 1 fully saturated rings. The molecule has 0 radical (unpaired) electrons. The molecule has 0 N–H and O–H groups in total. The lowest BCUT2D eigenvalue weighted by Crippen LogP contribution is -2.32. The topological polar surface area (TPSA) is 81.8 Å². The molecule has 0 bridgehead atoms. The van der Waals surface area contributed by atoms with Crippen LogP contribution in [0.25, 0.3) is 0 Å². The molecule has 1 aliphatic rings. The van der Waals surface area contributed by atoms with Gasteiger partial charge in [-0.2, -0.15) is 5.26 Å². The van der Waals surface area contributed by atoms with Crippen molar-refractivity contribution >= 4 is 11.8 Å². The zero-order chi connectivity index (χ0) is 16.2. The minimum absolute atomic E-state index is 0.342. The maximum absolute atomic E-state index is 8.80. The van der Waals surface area contributed by atoms with Crippen molar-refractivity contribution in [3.8, 4) is 6.07 Å². The van der Waals surface area contributed by atoms with Crippen LogP contribution in [0.15, 0.2) is 18.2 Å². The molecule has 1 saturated heterocycles. The summed E-state index contributed by atoms with van der Waals surface area (Å²) < 4.78 is 0. The van der Waals surface area contributed by atoms with Gasteiger partial charge in [0.15, 0.2) is 11.5 Å². The van der Waals surface area contributed by atoms with Crippen LogP contribution >= 0.6 is 0 Å². The highest BCUT2D eigenvalue weighted by Crippen LogP contribution is 2.16. The summed E-state index contributed by atoms with van der Waals surface area (Å²) >= 11 is 0. The Hall–Kier alpha value is -2.75. The largest absolute Gasteiger partial charge is 0.353 e. The number of rotatable bonds is 2. The molecule has 1 aliphatic heterocycles. The number of aromatic nitrogens is 4. The van der Waals surface area contributed by atoms with Crippen molar-refractivity contribution in [3.63, 3.8) is 0 Å². The number of anilines is 2. The van der Waals surface area contributed by atoms with Gasteiger partial charge in [0.2, 0.25) is 5.95 Å². The molecule has 118 valence electrons. The van der Waals surface area contributed by atoms with Gasteiger partial charge in [0.25, 0.3) is 0 Å². The van der Waals surface area contributed by atoms with Gasteiger partial charge < -0.3 is 9.80 Å². The van der Waals surface area contributed by atoms with Crippen molar-refractivity contribution in [2.45, 2.75) is 20.3 Å². The van der Waals surface area contributed by atoms with Crippen LogP contribution in [-0.4, -0.2) is 46.3 Å². The van der Waals surface area contributed by atoms with Crippen LogP contribution in [0.5, 0.6) is 0 Å². The standard InChI is InChI=1S/C16H19N7/c1-12-10-13(2)19-16(18-12)23-7-3-6-22(8-9-23)15-5-4-14(11-17)20-21-15/h4-5,10H,3,6-9H2,1-2H3. The molecule has 2 aromatic heterocycles. The van der Waals surface area contributed by atoms with E-state index in [0.717, 1.165) is 55.8 Å². The van der Waals surface area contributed by atoms with Crippen molar-refractivity contribution in [2.24, 2.45) is 0 Å². The van der Waals surface area contributed by atoms with Gasteiger partial charge in [-0.1, -0.05) is 0 Å². The van der Waals surface area contributed by atoms with Gasteiger partial charge >= 0.3 is 0 Å². The number of hydrogen-bond donors (Lipinski definition) is 0. The molecule has 3 heterocycles. The lowest BCUT2D eigenvalue weighted by molar-refractivity contribution is 0.774. The van der Waals surface area contributed by atoms with Crippen LogP contribution in [0.3, 0.4) is 0 Å². The summed E-state index contributed by atoms with van der Waals surface area (Å²) in [6, 6.07) is 7.54. The predicted octanol–water partition coefficient (Wildman–Crippen LogP) is 1.47. The van der Waals surface area contributed by atoms with Crippen LogP contribution < -0.4 is 9.80 Å². The highest BCUT2D eigenvalue weighted by atomic mass is 15.3. The van der Waals surface area contributed by atoms with E-state index >= 15 is 0 Å². The molecule has 0 amide bonds. The quantitative estimate of drug-likeness (QED) is 0.830. The van der Waals surface area contributed by atoms with E-state index < -0.39 is 0 Å². The van der Waals surface area contributed by atoms with E-state index in [-0.39, 0.29) is 0 Å². The van der Waals surface area contributed by atoms with Crippen LogP contribution in [0.2, 0.25) is 0 Å². The lowest BCUT2D eigenvalue weighted by atomic mass is 10.3. The van der Waals surface area contributed by atoms with Crippen LogP contribution in [-0.2, 0) is 0 Å². The van der Waals surface area contributed by atoms with Crippen molar-refractivity contribution in [1.82, 2.24) is 20.2 Å². The second-order valence-corrected chi connectivity index (χ2v) is 5.67. The summed E-state index contributed by atoms with van der Waals surface area (Å²) in [6.07, 6.45) is 0.998. The van der Waals surface area contributed by atoms with E-state index in [1.807, 2.05) is 32.0 Å². The SMILES string of the molecule is Cc1cc(C)nc(N2CCCN(c3ccc(C#N)nn3)CC2)n1. The van der Waals surface area contributed by atoms with Crippen molar-refractivity contribution in [2.75, 3.05) is 36.0 Å². The summed E-state index contributed by atoms with van der Waals surface area (Å²) in [4.78, 5) is 13.5. The molecule has 0 aliphatic carbocycles. The predicted molar refractivity (Wildman–Crippen MR) is 87.3 cm³/mol. The number of hydrogen-bond acceptors (Lipinski definition) is 7. The summed E-state index contributed by atoms with van der Waals surface area (Å²) in [6.45, 7) is 7.48. The van der Waals surface area contributed by atoms with Gasteiger partial charge in [-0.05, 0) is 38.5 Å². The summed E-state index contributed by atoms with van der Waals surface area (Å²) in [5.74, 6) is 1.61. The van der Waals surface area contributed by atoms with E-state index in [4.69, 9.17) is 5.26 Å². The lowest BCUT2D eigenvalue weighted by Gasteiger charge is -2.22. The van der Waals surface area contributed by atoms with Crippen LogP contribution in [0.1, 0.15) is 23.5 Å². The Kier molecular flexibility index (Phi) is 4.33. The Balaban J connectivity index is 1.72. The molecule has 7 heteroatoms. The minimum Gasteiger partial charge on any atom is -0.353 e. The van der Waals surface area contributed by atoms with Crippen LogP contribution in [0.4, 0.5) is 11.8 Å². The fourth-order valence-corrected chi connectivity index (χ4v) is 2.75. The first-order valence-electron chi connectivity index (χ1n) is 7.72. The van der Waals surface area contributed by atoms with E-state index in [9.17, 15) is 0 Å². The van der Waals surface area contributed by atoms with E-state index in [1.165, 1.54) is 0 Å². The van der Waals surface area contributed by atoms with Gasteiger partial charge in [-0.15, -0.1) is 10.2 Å². The van der Waals surface area contributed by atoms with Gasteiger partial charge in [-0.25, -0.2) is 9.97 Å². The molecule has 0 unspecified atom stereocenters. The molecule has 0 aromatic carbocycles. The molecule has 2 aromatic rings. The van der Waals surface area contributed by atoms with Crippen molar-refractivity contribution in [1.29, 1.82) is 5.26 Å². The van der Waals surface area contributed by atoms with Gasteiger partial charge in [0.05, 0.1) is 0 Å². The first-order valence-corrected chi connectivity index (χ1v) is 7.72. The number of aryl methyl sites for hydroxylation is 2. The maximum Gasteiger partial charge on any atom is 0.225 e. The highest BCUT2D eigenvalue weighted by molar-refractivity contribution is 5.41. The van der Waals surface area contributed by atoms with Gasteiger partial charge in [0.1, 0.15) is 6.07 Å².